The molecule has 0 saturated heterocycles. The molecule has 0 aliphatic carbocycles. The van der Waals surface area contributed by atoms with Gasteiger partial charge in [0, 0.05) is 0 Å². The normalized spacial score (nSPS) is 25.6. The first-order valence-corrected chi connectivity index (χ1v) is 5.63. The second kappa shape index (κ2) is 2.63. The lowest BCUT2D eigenvalue weighted by atomic mass is 10.0. The van der Waals surface area contributed by atoms with Crippen LogP contribution in [0.1, 0.15) is 26.7 Å². The summed E-state index contributed by atoms with van der Waals surface area (Å²) in [7, 11) is -2.86. The maximum atomic E-state index is 11.5. The van der Waals surface area contributed by atoms with Crippen molar-refractivity contribution < 1.29 is 8.42 Å². The first-order chi connectivity index (χ1) is 5.08. The van der Waals surface area contributed by atoms with Crippen LogP contribution in [-0.2, 0) is 9.84 Å². The van der Waals surface area contributed by atoms with Gasteiger partial charge in [0.05, 0.1) is 10.5 Å². The van der Waals surface area contributed by atoms with Crippen LogP contribution in [-0.4, -0.2) is 18.9 Å². The van der Waals surface area contributed by atoms with Gasteiger partial charge in [-0.2, -0.15) is 0 Å². The van der Waals surface area contributed by atoms with E-state index in [-0.39, 0.29) is 5.75 Å². The Morgan fingerprint density at radius 2 is 1.91 bits per heavy atom. The first-order valence-electron chi connectivity index (χ1n) is 3.98. The van der Waals surface area contributed by atoms with E-state index in [1.165, 1.54) is 0 Å². The third-order valence-corrected chi connectivity index (χ3v) is 5.14. The molecule has 0 spiro atoms. The van der Waals surface area contributed by atoms with Gasteiger partial charge in [-0.15, -0.1) is 0 Å². The second-order valence-electron chi connectivity index (χ2n) is 2.96. The molecular formula is C8H14O2S. The second-order valence-corrected chi connectivity index (χ2v) is 5.33. The summed E-state index contributed by atoms with van der Waals surface area (Å²) < 4.78 is 22.4. The fourth-order valence-corrected chi connectivity index (χ4v) is 3.45. The van der Waals surface area contributed by atoms with Crippen LogP contribution < -0.4 is 0 Å². The lowest BCUT2D eigenvalue weighted by Gasteiger charge is -2.22. The molecule has 0 fully saturated rings. The van der Waals surface area contributed by atoms with Crippen molar-refractivity contribution >= 4 is 9.84 Å². The van der Waals surface area contributed by atoms with Gasteiger partial charge in [-0.25, -0.2) is 8.42 Å². The summed E-state index contributed by atoms with van der Waals surface area (Å²) in [5.41, 5.74) is 0. The number of sulfone groups is 1. The summed E-state index contributed by atoms with van der Waals surface area (Å²) in [6, 6.07) is 0. The lowest BCUT2D eigenvalue weighted by molar-refractivity contribution is 0.544. The van der Waals surface area contributed by atoms with Gasteiger partial charge in [0.1, 0.15) is 0 Å². The topological polar surface area (TPSA) is 34.1 Å². The highest BCUT2D eigenvalue weighted by atomic mass is 32.2. The Morgan fingerprint density at radius 3 is 2.09 bits per heavy atom. The molecule has 64 valence electrons. The van der Waals surface area contributed by atoms with Crippen molar-refractivity contribution in [3.8, 4) is 0 Å². The largest absolute Gasteiger partial charge is 0.228 e. The average Bonchev–Trinajstić information content (AvgIpc) is 2.26. The van der Waals surface area contributed by atoms with Crippen LogP contribution in [0.25, 0.3) is 0 Å². The smallest absolute Gasteiger partial charge is 0.163 e. The highest BCUT2D eigenvalue weighted by Crippen LogP contribution is 2.32. The summed E-state index contributed by atoms with van der Waals surface area (Å²) in [6.07, 6.45) is 5.01. The van der Waals surface area contributed by atoms with Crippen molar-refractivity contribution in [1.29, 1.82) is 0 Å². The Morgan fingerprint density at radius 1 is 1.36 bits per heavy atom. The van der Waals surface area contributed by atoms with E-state index in [1.54, 1.807) is 6.08 Å². The van der Waals surface area contributed by atoms with Gasteiger partial charge < -0.3 is 0 Å². The monoisotopic (exact) mass is 174 g/mol. The summed E-state index contributed by atoms with van der Waals surface area (Å²) in [4.78, 5) is 0. The third kappa shape index (κ3) is 1.11. The predicted octanol–water partition coefficient (Wildman–Crippen LogP) is 1.53. The van der Waals surface area contributed by atoms with E-state index in [0.717, 1.165) is 0 Å². The van der Waals surface area contributed by atoms with Crippen molar-refractivity contribution in [3.63, 3.8) is 0 Å². The minimum absolute atomic E-state index is 0.231. The van der Waals surface area contributed by atoms with E-state index < -0.39 is 14.6 Å². The van der Waals surface area contributed by atoms with E-state index in [0.29, 0.717) is 12.8 Å². The van der Waals surface area contributed by atoms with E-state index >= 15 is 0 Å². The molecule has 1 aliphatic heterocycles. The van der Waals surface area contributed by atoms with Gasteiger partial charge in [-0.05, 0) is 12.8 Å². The third-order valence-electron chi connectivity index (χ3n) is 2.55. The summed E-state index contributed by atoms with van der Waals surface area (Å²) in [6.45, 7) is 3.85. The van der Waals surface area contributed by atoms with Crippen LogP contribution in [0.5, 0.6) is 0 Å². The van der Waals surface area contributed by atoms with Gasteiger partial charge in [-0.1, -0.05) is 26.0 Å². The molecule has 1 rings (SSSR count). The minimum atomic E-state index is -2.86. The van der Waals surface area contributed by atoms with Gasteiger partial charge >= 0.3 is 0 Å². The van der Waals surface area contributed by atoms with Gasteiger partial charge in [0.2, 0.25) is 0 Å². The van der Waals surface area contributed by atoms with E-state index in [4.69, 9.17) is 0 Å². The number of rotatable bonds is 2. The van der Waals surface area contributed by atoms with E-state index in [2.05, 4.69) is 0 Å². The van der Waals surface area contributed by atoms with Crippen molar-refractivity contribution in [3.05, 3.63) is 12.2 Å². The Bertz CT molecular complexity index is 258. The van der Waals surface area contributed by atoms with Crippen molar-refractivity contribution in [2.24, 2.45) is 0 Å². The fraction of sp³-hybridized carbons (Fsp3) is 0.750. The van der Waals surface area contributed by atoms with Gasteiger partial charge in [0.25, 0.3) is 0 Å². The quantitative estimate of drug-likeness (QED) is 0.595. The molecule has 3 heteroatoms. The lowest BCUT2D eigenvalue weighted by Crippen LogP contribution is -2.32. The van der Waals surface area contributed by atoms with Crippen LogP contribution in [0.2, 0.25) is 0 Å². The molecule has 1 heterocycles. The molecule has 0 N–H and O–H groups in total. The molecule has 2 nitrogen and oxygen atoms in total. The Kier molecular flexibility index (Phi) is 2.10. The summed E-state index contributed by atoms with van der Waals surface area (Å²) in [5.74, 6) is 0.231. The highest BCUT2D eigenvalue weighted by Gasteiger charge is 2.40. The van der Waals surface area contributed by atoms with Crippen molar-refractivity contribution in [2.45, 2.75) is 31.4 Å². The van der Waals surface area contributed by atoms with E-state index in [9.17, 15) is 8.42 Å². The minimum Gasteiger partial charge on any atom is -0.228 e. The first kappa shape index (κ1) is 8.78. The molecule has 0 aromatic rings. The summed E-state index contributed by atoms with van der Waals surface area (Å²) >= 11 is 0. The predicted molar refractivity (Wildman–Crippen MR) is 46.2 cm³/mol. The highest BCUT2D eigenvalue weighted by molar-refractivity contribution is 7.93. The molecule has 0 saturated carbocycles. The van der Waals surface area contributed by atoms with Crippen LogP contribution in [0, 0.1) is 0 Å². The van der Waals surface area contributed by atoms with Crippen LogP contribution >= 0.6 is 0 Å². The van der Waals surface area contributed by atoms with Gasteiger partial charge in [0.15, 0.2) is 9.84 Å². The van der Waals surface area contributed by atoms with Crippen molar-refractivity contribution in [2.75, 3.05) is 5.75 Å². The molecular weight excluding hydrogens is 160 g/mol. The zero-order chi connectivity index (χ0) is 8.54. The standard InChI is InChI=1S/C8H14O2S/c1-3-8(4-2)6-5-7-11(8,9)10/h5-6H,3-4,7H2,1-2H3. The fourth-order valence-electron chi connectivity index (χ4n) is 1.58. The molecule has 0 amide bonds. The van der Waals surface area contributed by atoms with Crippen LogP contribution in [0.15, 0.2) is 12.2 Å². The molecule has 0 aromatic carbocycles. The molecule has 0 atom stereocenters. The van der Waals surface area contributed by atoms with Crippen LogP contribution in [0.4, 0.5) is 0 Å². The van der Waals surface area contributed by atoms with E-state index in [1.807, 2.05) is 19.9 Å². The summed E-state index contributed by atoms with van der Waals surface area (Å²) in [5, 5.41) is 0. The van der Waals surface area contributed by atoms with Crippen molar-refractivity contribution in [1.82, 2.24) is 0 Å². The molecule has 0 radical (unpaired) electrons. The zero-order valence-electron chi connectivity index (χ0n) is 7.00. The molecule has 0 aromatic heterocycles. The molecule has 1 aliphatic rings. The number of hydrogen-bond donors (Lipinski definition) is 0. The average molecular weight is 174 g/mol. The Labute approximate surface area is 68.2 Å². The molecule has 11 heavy (non-hydrogen) atoms. The Balaban J connectivity index is 3.09. The number of hydrogen-bond acceptors (Lipinski definition) is 2. The van der Waals surface area contributed by atoms with Crippen LogP contribution in [0.3, 0.4) is 0 Å². The van der Waals surface area contributed by atoms with Gasteiger partial charge in [-0.3, -0.25) is 0 Å². The maximum Gasteiger partial charge on any atom is 0.163 e. The maximum absolute atomic E-state index is 11.5. The Hall–Kier alpha value is -0.310. The zero-order valence-corrected chi connectivity index (χ0v) is 7.82. The SMILES string of the molecule is CCC1(CC)C=CCS1(=O)=O. The molecule has 0 bridgehead atoms. The molecule has 0 unspecified atom stereocenters.